The van der Waals surface area contributed by atoms with Crippen LogP contribution in [0.1, 0.15) is 37.0 Å². The Morgan fingerprint density at radius 2 is 2.15 bits per heavy atom. The van der Waals surface area contributed by atoms with Crippen LogP contribution in [0.3, 0.4) is 0 Å². The van der Waals surface area contributed by atoms with Gasteiger partial charge >= 0.3 is 0 Å². The van der Waals surface area contributed by atoms with Crippen LogP contribution in [0.15, 0.2) is 12.1 Å². The summed E-state index contributed by atoms with van der Waals surface area (Å²) in [6, 6.07) is 2.76. The molecule has 1 heterocycles. The maximum absolute atomic E-state index is 12.0. The van der Waals surface area contributed by atoms with Gasteiger partial charge in [0.15, 0.2) is 0 Å². The van der Waals surface area contributed by atoms with E-state index in [1.807, 2.05) is 6.92 Å². The lowest BCUT2D eigenvalue weighted by Crippen LogP contribution is -2.35. The smallest absolute Gasteiger partial charge is 0.251 e. The molecule has 2 amide bonds. The Kier molecular flexibility index (Phi) is 6.24. The lowest BCUT2D eigenvalue weighted by atomic mass is 10.2. The Balaban J connectivity index is 2.76. The minimum absolute atomic E-state index is 0.0888. The SMILES string of the molecule is CCCNc1cc(C(=O)NC(C)CC(N)=O)cc(Cl)n1. The predicted molar refractivity (Wildman–Crippen MR) is 78.8 cm³/mol. The molecule has 1 rings (SSSR count). The summed E-state index contributed by atoms with van der Waals surface area (Å²) in [4.78, 5) is 26.9. The number of halogens is 1. The molecule has 0 spiro atoms. The summed E-state index contributed by atoms with van der Waals surface area (Å²) in [6.07, 6.45) is 1.02. The van der Waals surface area contributed by atoms with E-state index in [0.717, 1.165) is 13.0 Å². The van der Waals surface area contributed by atoms with Crippen molar-refractivity contribution in [2.24, 2.45) is 5.73 Å². The molecule has 6 nitrogen and oxygen atoms in total. The summed E-state index contributed by atoms with van der Waals surface area (Å²) in [5, 5.41) is 5.99. The number of amides is 2. The molecule has 1 aromatic heterocycles. The van der Waals surface area contributed by atoms with E-state index in [0.29, 0.717) is 11.4 Å². The fourth-order valence-corrected chi connectivity index (χ4v) is 1.84. The van der Waals surface area contributed by atoms with E-state index in [1.54, 1.807) is 13.0 Å². The van der Waals surface area contributed by atoms with Crippen LogP contribution in [0.25, 0.3) is 0 Å². The highest BCUT2D eigenvalue weighted by Gasteiger charge is 2.13. The minimum atomic E-state index is -0.462. The normalized spacial score (nSPS) is 11.8. The monoisotopic (exact) mass is 298 g/mol. The number of carbonyl (C=O) groups is 2. The molecular weight excluding hydrogens is 280 g/mol. The van der Waals surface area contributed by atoms with E-state index >= 15 is 0 Å². The zero-order chi connectivity index (χ0) is 15.1. The van der Waals surface area contributed by atoms with Crippen LogP contribution in [0, 0.1) is 0 Å². The van der Waals surface area contributed by atoms with E-state index in [4.69, 9.17) is 17.3 Å². The second-order valence-electron chi connectivity index (χ2n) is 4.54. The molecule has 1 atom stereocenters. The molecule has 0 aliphatic heterocycles. The van der Waals surface area contributed by atoms with E-state index in [1.165, 1.54) is 6.07 Å². The second kappa shape index (κ2) is 7.69. The van der Waals surface area contributed by atoms with Gasteiger partial charge in [-0.1, -0.05) is 18.5 Å². The molecular formula is C13H19ClN4O2. The van der Waals surface area contributed by atoms with Crippen molar-refractivity contribution >= 4 is 29.2 Å². The van der Waals surface area contributed by atoms with Crippen LogP contribution in [0.5, 0.6) is 0 Å². The molecule has 0 aliphatic rings. The molecule has 1 aromatic rings. The number of aromatic nitrogens is 1. The molecule has 7 heteroatoms. The first-order chi connectivity index (χ1) is 9.42. The molecule has 1 unspecified atom stereocenters. The van der Waals surface area contributed by atoms with Gasteiger partial charge in [0.25, 0.3) is 5.91 Å². The van der Waals surface area contributed by atoms with Crippen LogP contribution >= 0.6 is 11.6 Å². The summed E-state index contributed by atoms with van der Waals surface area (Å²) >= 11 is 5.89. The largest absolute Gasteiger partial charge is 0.370 e. The van der Waals surface area contributed by atoms with E-state index in [2.05, 4.69) is 15.6 Å². The summed E-state index contributed by atoms with van der Waals surface area (Å²) in [5.41, 5.74) is 5.47. The van der Waals surface area contributed by atoms with Crippen LogP contribution in [0.4, 0.5) is 5.82 Å². The molecule has 20 heavy (non-hydrogen) atoms. The number of anilines is 1. The van der Waals surface area contributed by atoms with Crippen molar-refractivity contribution in [3.8, 4) is 0 Å². The van der Waals surface area contributed by atoms with Crippen molar-refractivity contribution in [1.82, 2.24) is 10.3 Å². The third-order valence-electron chi connectivity index (χ3n) is 2.50. The number of carbonyl (C=O) groups excluding carboxylic acids is 2. The average Bonchev–Trinajstić information content (AvgIpc) is 2.34. The number of nitrogens with zero attached hydrogens (tertiary/aromatic N) is 1. The molecule has 0 saturated carbocycles. The van der Waals surface area contributed by atoms with Crippen molar-refractivity contribution in [2.75, 3.05) is 11.9 Å². The number of hydrogen-bond donors (Lipinski definition) is 3. The summed E-state index contributed by atoms with van der Waals surface area (Å²) in [5.74, 6) is -0.231. The van der Waals surface area contributed by atoms with Gasteiger partial charge in [-0.2, -0.15) is 0 Å². The van der Waals surface area contributed by atoms with Gasteiger partial charge in [0, 0.05) is 24.6 Å². The molecule has 0 aliphatic carbocycles. The fraction of sp³-hybridized carbons (Fsp3) is 0.462. The maximum atomic E-state index is 12.0. The minimum Gasteiger partial charge on any atom is -0.370 e. The molecule has 0 radical (unpaired) electrons. The van der Waals surface area contributed by atoms with Gasteiger partial charge in [-0.05, 0) is 25.5 Å². The summed E-state index contributed by atoms with van der Waals surface area (Å²) in [6.45, 7) is 4.48. The summed E-state index contributed by atoms with van der Waals surface area (Å²) < 4.78 is 0. The number of hydrogen-bond acceptors (Lipinski definition) is 4. The van der Waals surface area contributed by atoms with E-state index < -0.39 is 5.91 Å². The van der Waals surface area contributed by atoms with Gasteiger partial charge in [0.05, 0.1) is 0 Å². The zero-order valence-electron chi connectivity index (χ0n) is 11.6. The predicted octanol–water partition coefficient (Wildman–Crippen LogP) is 1.55. The molecule has 0 bridgehead atoms. The standard InChI is InChI=1S/C13H19ClN4O2/c1-3-4-16-12-7-9(6-10(14)18-12)13(20)17-8(2)5-11(15)19/h6-8H,3-5H2,1-2H3,(H2,15,19)(H,16,18)(H,17,20). The second-order valence-corrected chi connectivity index (χ2v) is 4.92. The highest BCUT2D eigenvalue weighted by atomic mass is 35.5. The summed E-state index contributed by atoms with van der Waals surface area (Å²) in [7, 11) is 0. The number of pyridine rings is 1. The van der Waals surface area contributed by atoms with Gasteiger partial charge in [0.2, 0.25) is 5.91 Å². The van der Waals surface area contributed by atoms with Crippen LogP contribution < -0.4 is 16.4 Å². The van der Waals surface area contributed by atoms with Crippen molar-refractivity contribution in [3.05, 3.63) is 22.8 Å². The molecule has 4 N–H and O–H groups in total. The van der Waals surface area contributed by atoms with Gasteiger partial charge < -0.3 is 16.4 Å². The fourth-order valence-electron chi connectivity index (χ4n) is 1.63. The number of nitrogens with one attached hydrogen (secondary N) is 2. The van der Waals surface area contributed by atoms with Crippen LogP contribution in [-0.2, 0) is 4.79 Å². The Labute approximate surface area is 123 Å². The quantitative estimate of drug-likeness (QED) is 0.665. The van der Waals surface area contributed by atoms with Gasteiger partial charge in [-0.3, -0.25) is 9.59 Å². The first-order valence-electron chi connectivity index (χ1n) is 6.43. The van der Waals surface area contributed by atoms with Gasteiger partial charge in [0.1, 0.15) is 11.0 Å². The third-order valence-corrected chi connectivity index (χ3v) is 2.69. The van der Waals surface area contributed by atoms with Crippen LogP contribution in [0.2, 0.25) is 5.15 Å². The Morgan fingerprint density at radius 3 is 2.75 bits per heavy atom. The van der Waals surface area contributed by atoms with E-state index in [9.17, 15) is 9.59 Å². The van der Waals surface area contributed by atoms with Crippen molar-refractivity contribution in [1.29, 1.82) is 0 Å². The Bertz CT molecular complexity index is 493. The zero-order valence-corrected chi connectivity index (χ0v) is 12.3. The third kappa shape index (κ3) is 5.44. The van der Waals surface area contributed by atoms with Crippen molar-refractivity contribution in [2.45, 2.75) is 32.7 Å². The van der Waals surface area contributed by atoms with Crippen molar-refractivity contribution < 1.29 is 9.59 Å². The first-order valence-corrected chi connectivity index (χ1v) is 6.80. The number of nitrogens with two attached hydrogens (primary N) is 1. The lowest BCUT2D eigenvalue weighted by molar-refractivity contribution is -0.118. The highest BCUT2D eigenvalue weighted by molar-refractivity contribution is 6.29. The molecule has 110 valence electrons. The first kappa shape index (κ1) is 16.2. The average molecular weight is 299 g/mol. The topological polar surface area (TPSA) is 97.1 Å². The Morgan fingerprint density at radius 1 is 1.45 bits per heavy atom. The van der Waals surface area contributed by atoms with Gasteiger partial charge in [-0.25, -0.2) is 4.98 Å². The lowest BCUT2D eigenvalue weighted by Gasteiger charge is -2.13. The van der Waals surface area contributed by atoms with E-state index in [-0.39, 0.29) is 23.5 Å². The molecule has 0 fully saturated rings. The molecule has 0 aromatic carbocycles. The highest BCUT2D eigenvalue weighted by Crippen LogP contribution is 2.15. The molecule has 0 saturated heterocycles. The number of primary amides is 1. The van der Waals surface area contributed by atoms with Crippen LogP contribution in [-0.4, -0.2) is 29.4 Å². The number of rotatable bonds is 7. The Hall–Kier alpha value is -1.82. The van der Waals surface area contributed by atoms with Crippen molar-refractivity contribution in [3.63, 3.8) is 0 Å². The van der Waals surface area contributed by atoms with Gasteiger partial charge in [-0.15, -0.1) is 0 Å². The maximum Gasteiger partial charge on any atom is 0.251 e.